The van der Waals surface area contributed by atoms with Crippen molar-refractivity contribution in [2.75, 3.05) is 6.54 Å². The lowest BCUT2D eigenvalue weighted by Crippen LogP contribution is -2.43. The summed E-state index contributed by atoms with van der Waals surface area (Å²) in [6.07, 6.45) is 11.0. The van der Waals surface area contributed by atoms with Crippen LogP contribution in [-0.2, 0) is 6.54 Å². The van der Waals surface area contributed by atoms with Crippen molar-refractivity contribution in [1.82, 2.24) is 4.90 Å². The molecule has 1 aromatic rings. The first kappa shape index (κ1) is 15.6. The van der Waals surface area contributed by atoms with E-state index in [9.17, 15) is 0 Å². The summed E-state index contributed by atoms with van der Waals surface area (Å²) in [5.41, 5.74) is 1.98. The van der Waals surface area contributed by atoms with Crippen molar-refractivity contribution in [1.29, 1.82) is 0 Å². The Labute approximate surface area is 125 Å². The SMILES string of the molecule is CCCCC1(CCCC)CCCN1Cc1ccccc1. The van der Waals surface area contributed by atoms with Crippen LogP contribution in [0.25, 0.3) is 0 Å². The average molecular weight is 273 g/mol. The van der Waals surface area contributed by atoms with Crippen molar-refractivity contribution in [2.24, 2.45) is 0 Å². The largest absolute Gasteiger partial charge is 0.293 e. The van der Waals surface area contributed by atoms with Crippen LogP contribution >= 0.6 is 0 Å². The van der Waals surface area contributed by atoms with Gasteiger partial charge in [0.2, 0.25) is 0 Å². The van der Waals surface area contributed by atoms with Gasteiger partial charge in [-0.3, -0.25) is 4.90 Å². The predicted octanol–water partition coefficient (Wildman–Crippen LogP) is 5.40. The molecule has 0 saturated carbocycles. The smallest absolute Gasteiger partial charge is 0.0239 e. The maximum Gasteiger partial charge on any atom is 0.0239 e. The molecule has 1 fully saturated rings. The Bertz CT molecular complexity index is 363. The molecule has 20 heavy (non-hydrogen) atoms. The zero-order valence-corrected chi connectivity index (χ0v) is 13.4. The predicted molar refractivity (Wildman–Crippen MR) is 87.9 cm³/mol. The third kappa shape index (κ3) is 3.85. The molecule has 0 bridgehead atoms. The van der Waals surface area contributed by atoms with Crippen molar-refractivity contribution in [3.63, 3.8) is 0 Å². The van der Waals surface area contributed by atoms with Crippen molar-refractivity contribution < 1.29 is 0 Å². The summed E-state index contributed by atoms with van der Waals surface area (Å²) < 4.78 is 0. The molecule has 1 saturated heterocycles. The average Bonchev–Trinajstić information content (AvgIpc) is 2.87. The van der Waals surface area contributed by atoms with Gasteiger partial charge in [-0.2, -0.15) is 0 Å². The lowest BCUT2D eigenvalue weighted by molar-refractivity contribution is 0.103. The summed E-state index contributed by atoms with van der Waals surface area (Å²) >= 11 is 0. The van der Waals surface area contributed by atoms with Crippen LogP contribution in [0.1, 0.15) is 70.8 Å². The number of nitrogens with zero attached hydrogens (tertiary/aromatic N) is 1. The van der Waals surface area contributed by atoms with E-state index in [0.717, 1.165) is 6.54 Å². The first-order valence-electron chi connectivity index (χ1n) is 8.60. The van der Waals surface area contributed by atoms with Gasteiger partial charge in [-0.15, -0.1) is 0 Å². The van der Waals surface area contributed by atoms with Gasteiger partial charge in [0.15, 0.2) is 0 Å². The highest BCUT2D eigenvalue weighted by atomic mass is 15.2. The standard InChI is InChI=1S/C19H31N/c1-3-5-13-19(14-6-4-2)15-10-16-20(19)17-18-11-8-7-9-12-18/h7-9,11-12H,3-6,10,13-17H2,1-2H3. The topological polar surface area (TPSA) is 3.24 Å². The number of hydrogen-bond donors (Lipinski definition) is 0. The van der Waals surface area contributed by atoms with Crippen LogP contribution in [0.5, 0.6) is 0 Å². The van der Waals surface area contributed by atoms with E-state index in [1.165, 1.54) is 63.5 Å². The van der Waals surface area contributed by atoms with Crippen LogP contribution in [-0.4, -0.2) is 17.0 Å². The Kier molecular flexibility index (Phi) is 6.09. The van der Waals surface area contributed by atoms with Gasteiger partial charge in [-0.05, 0) is 37.8 Å². The Morgan fingerprint density at radius 1 is 1.00 bits per heavy atom. The second-order valence-corrected chi connectivity index (χ2v) is 6.44. The van der Waals surface area contributed by atoms with E-state index >= 15 is 0 Å². The summed E-state index contributed by atoms with van der Waals surface area (Å²) in [7, 11) is 0. The van der Waals surface area contributed by atoms with Gasteiger partial charge >= 0.3 is 0 Å². The van der Waals surface area contributed by atoms with Crippen LogP contribution < -0.4 is 0 Å². The third-order valence-corrected chi connectivity index (χ3v) is 4.95. The van der Waals surface area contributed by atoms with E-state index in [4.69, 9.17) is 0 Å². The van der Waals surface area contributed by atoms with Crippen LogP contribution in [0.4, 0.5) is 0 Å². The van der Waals surface area contributed by atoms with Crippen LogP contribution in [0.3, 0.4) is 0 Å². The van der Waals surface area contributed by atoms with Gasteiger partial charge in [0.05, 0.1) is 0 Å². The second kappa shape index (κ2) is 7.83. The van der Waals surface area contributed by atoms with Gasteiger partial charge in [-0.1, -0.05) is 69.9 Å². The minimum atomic E-state index is 0.502. The molecule has 0 N–H and O–H groups in total. The third-order valence-electron chi connectivity index (χ3n) is 4.95. The summed E-state index contributed by atoms with van der Waals surface area (Å²) in [6.45, 7) is 7.09. The number of rotatable bonds is 8. The molecule has 0 atom stereocenters. The van der Waals surface area contributed by atoms with Crippen LogP contribution in [0, 0.1) is 0 Å². The Balaban J connectivity index is 2.07. The molecule has 1 aliphatic heterocycles. The zero-order chi connectivity index (χ0) is 14.3. The van der Waals surface area contributed by atoms with E-state index in [1.54, 1.807) is 0 Å². The number of benzene rings is 1. The lowest BCUT2D eigenvalue weighted by Gasteiger charge is -2.39. The van der Waals surface area contributed by atoms with Crippen molar-refractivity contribution in [3.8, 4) is 0 Å². The Morgan fingerprint density at radius 2 is 1.65 bits per heavy atom. The quantitative estimate of drug-likeness (QED) is 0.613. The molecule has 1 nitrogen and oxygen atoms in total. The van der Waals surface area contributed by atoms with Gasteiger partial charge in [0.1, 0.15) is 0 Å². The second-order valence-electron chi connectivity index (χ2n) is 6.44. The van der Waals surface area contributed by atoms with Gasteiger partial charge in [0.25, 0.3) is 0 Å². The number of likely N-dealkylation sites (tertiary alicyclic amines) is 1. The lowest BCUT2D eigenvalue weighted by atomic mass is 9.84. The van der Waals surface area contributed by atoms with E-state index in [-0.39, 0.29) is 0 Å². The monoisotopic (exact) mass is 273 g/mol. The molecular weight excluding hydrogens is 242 g/mol. The fourth-order valence-electron chi connectivity index (χ4n) is 3.75. The molecule has 2 rings (SSSR count). The van der Waals surface area contributed by atoms with Crippen LogP contribution in [0.15, 0.2) is 30.3 Å². The molecular formula is C19H31N. The number of unbranched alkanes of at least 4 members (excludes halogenated alkanes) is 2. The van der Waals surface area contributed by atoms with Crippen LogP contribution in [0.2, 0.25) is 0 Å². The molecule has 0 spiro atoms. The molecule has 0 aliphatic carbocycles. The van der Waals surface area contributed by atoms with Crippen molar-refractivity contribution >= 4 is 0 Å². The fraction of sp³-hybridized carbons (Fsp3) is 0.684. The van der Waals surface area contributed by atoms with E-state index in [1.807, 2.05) is 0 Å². The van der Waals surface area contributed by atoms with Gasteiger partial charge in [0, 0.05) is 12.1 Å². The van der Waals surface area contributed by atoms with E-state index in [2.05, 4.69) is 49.1 Å². The molecule has 112 valence electrons. The maximum absolute atomic E-state index is 2.80. The maximum atomic E-state index is 2.80. The van der Waals surface area contributed by atoms with Gasteiger partial charge < -0.3 is 0 Å². The molecule has 1 aliphatic rings. The normalized spacial score (nSPS) is 18.5. The van der Waals surface area contributed by atoms with Crippen molar-refractivity contribution in [2.45, 2.75) is 77.3 Å². The summed E-state index contributed by atoms with van der Waals surface area (Å²) in [4.78, 5) is 2.80. The Morgan fingerprint density at radius 3 is 2.25 bits per heavy atom. The molecule has 1 heteroatoms. The number of hydrogen-bond acceptors (Lipinski definition) is 1. The van der Waals surface area contributed by atoms with Gasteiger partial charge in [-0.25, -0.2) is 0 Å². The first-order valence-corrected chi connectivity index (χ1v) is 8.60. The summed E-state index contributed by atoms with van der Waals surface area (Å²) in [6, 6.07) is 11.0. The summed E-state index contributed by atoms with van der Waals surface area (Å²) in [5.74, 6) is 0. The fourth-order valence-corrected chi connectivity index (χ4v) is 3.75. The summed E-state index contributed by atoms with van der Waals surface area (Å²) in [5, 5.41) is 0. The molecule has 0 radical (unpaired) electrons. The highest BCUT2D eigenvalue weighted by molar-refractivity contribution is 5.15. The first-order chi connectivity index (χ1) is 9.80. The van der Waals surface area contributed by atoms with Crippen molar-refractivity contribution in [3.05, 3.63) is 35.9 Å². The molecule has 1 heterocycles. The minimum absolute atomic E-state index is 0.502. The van der Waals surface area contributed by atoms with E-state index < -0.39 is 0 Å². The highest BCUT2D eigenvalue weighted by Crippen LogP contribution is 2.39. The Hall–Kier alpha value is -0.820. The molecule has 0 amide bonds. The molecule has 0 aromatic heterocycles. The zero-order valence-electron chi connectivity index (χ0n) is 13.4. The van der Waals surface area contributed by atoms with E-state index in [0.29, 0.717) is 5.54 Å². The minimum Gasteiger partial charge on any atom is -0.293 e. The molecule has 1 aromatic carbocycles. The highest BCUT2D eigenvalue weighted by Gasteiger charge is 2.39. The molecule has 0 unspecified atom stereocenters.